The van der Waals surface area contributed by atoms with Gasteiger partial charge in [-0.25, -0.2) is 12.8 Å². The van der Waals surface area contributed by atoms with Crippen LogP contribution in [0.15, 0.2) is 90.0 Å². The molecule has 2 N–H and O–H groups in total. The van der Waals surface area contributed by atoms with Crippen LogP contribution in [0.5, 0.6) is 0 Å². The van der Waals surface area contributed by atoms with E-state index in [-0.39, 0.29) is 10.8 Å². The Morgan fingerprint density at radius 1 is 0.833 bits per heavy atom. The van der Waals surface area contributed by atoms with Gasteiger partial charge in [-0.05, 0) is 60.7 Å². The lowest BCUT2D eigenvalue weighted by molar-refractivity contribution is 0.102. The minimum atomic E-state index is -3.85. The van der Waals surface area contributed by atoms with E-state index in [4.69, 9.17) is 0 Å². The van der Waals surface area contributed by atoms with E-state index in [0.717, 1.165) is 17.5 Å². The molecule has 1 heterocycles. The molecule has 0 saturated heterocycles. The number of carbonyl (C=O) groups excluding carboxylic acids is 1. The maximum Gasteiger partial charge on any atom is 0.261 e. The number of sulfonamides is 1. The fraction of sp³-hybridized carbons (Fsp3) is 0. The summed E-state index contributed by atoms with van der Waals surface area (Å²) < 4.78 is 40.2. The van der Waals surface area contributed by atoms with Crippen molar-refractivity contribution in [3.8, 4) is 0 Å². The smallest absolute Gasteiger partial charge is 0.261 e. The van der Waals surface area contributed by atoms with Crippen molar-refractivity contribution in [2.75, 3.05) is 10.0 Å². The highest BCUT2D eigenvalue weighted by atomic mass is 32.2. The van der Waals surface area contributed by atoms with Crippen LogP contribution in [0.4, 0.5) is 15.8 Å². The molecular formula is C22H16FN3O3S. The van der Waals surface area contributed by atoms with Crippen molar-refractivity contribution in [1.82, 2.24) is 4.98 Å². The van der Waals surface area contributed by atoms with Crippen molar-refractivity contribution in [3.63, 3.8) is 0 Å². The van der Waals surface area contributed by atoms with Gasteiger partial charge in [0.2, 0.25) is 0 Å². The first-order chi connectivity index (χ1) is 14.4. The highest BCUT2D eigenvalue weighted by molar-refractivity contribution is 7.92. The Kier molecular flexibility index (Phi) is 5.16. The lowest BCUT2D eigenvalue weighted by Gasteiger charge is -2.10. The molecule has 3 aromatic carbocycles. The molecule has 30 heavy (non-hydrogen) atoms. The summed E-state index contributed by atoms with van der Waals surface area (Å²) in [7, 11) is -3.85. The van der Waals surface area contributed by atoms with E-state index >= 15 is 0 Å². The maximum atomic E-state index is 13.0. The molecule has 8 heteroatoms. The maximum absolute atomic E-state index is 13.0. The number of para-hydroxylation sites is 1. The largest absolute Gasteiger partial charge is 0.322 e. The van der Waals surface area contributed by atoms with Crippen molar-refractivity contribution >= 4 is 38.2 Å². The summed E-state index contributed by atoms with van der Waals surface area (Å²) in [5.74, 6) is -0.839. The third-order valence-electron chi connectivity index (χ3n) is 4.40. The summed E-state index contributed by atoms with van der Waals surface area (Å²) in [5.41, 5.74) is 1.84. The fourth-order valence-electron chi connectivity index (χ4n) is 2.94. The SMILES string of the molecule is O=C(Nc1ccc(NS(=O)(=O)c2ccc(F)cc2)cc1)c1cccc2cccnc12. The molecule has 4 rings (SSSR count). The molecule has 0 atom stereocenters. The Hall–Kier alpha value is -3.78. The van der Waals surface area contributed by atoms with Crippen molar-refractivity contribution < 1.29 is 17.6 Å². The molecule has 0 fully saturated rings. The van der Waals surface area contributed by atoms with Crippen LogP contribution in [0, 0.1) is 5.82 Å². The van der Waals surface area contributed by atoms with Crippen LogP contribution in [0.2, 0.25) is 0 Å². The van der Waals surface area contributed by atoms with Gasteiger partial charge in [-0.15, -0.1) is 0 Å². The number of fused-ring (bicyclic) bond motifs is 1. The van der Waals surface area contributed by atoms with Gasteiger partial charge < -0.3 is 5.32 Å². The number of nitrogens with zero attached hydrogens (tertiary/aromatic N) is 1. The van der Waals surface area contributed by atoms with Gasteiger partial charge in [-0.2, -0.15) is 0 Å². The molecule has 0 bridgehead atoms. The third-order valence-corrected chi connectivity index (χ3v) is 5.79. The molecule has 150 valence electrons. The van der Waals surface area contributed by atoms with Crippen LogP contribution in [-0.2, 0) is 10.0 Å². The van der Waals surface area contributed by atoms with Crippen LogP contribution in [0.3, 0.4) is 0 Å². The summed E-state index contributed by atoms with van der Waals surface area (Å²) in [5, 5.41) is 3.64. The van der Waals surface area contributed by atoms with Gasteiger partial charge in [0.25, 0.3) is 15.9 Å². The van der Waals surface area contributed by atoms with Crippen LogP contribution in [0.1, 0.15) is 10.4 Å². The second kappa shape index (κ2) is 7.92. The van der Waals surface area contributed by atoms with Crippen LogP contribution < -0.4 is 10.0 Å². The van der Waals surface area contributed by atoms with Gasteiger partial charge in [0.05, 0.1) is 16.0 Å². The summed E-state index contributed by atoms with van der Waals surface area (Å²) in [4.78, 5) is 16.9. The standard InChI is InChI=1S/C22H16FN3O3S/c23-16-6-12-19(13-7-16)30(28,29)26-18-10-8-17(9-11-18)25-22(27)20-5-1-3-15-4-2-14-24-21(15)20/h1-14,26H,(H,25,27). The minimum absolute atomic E-state index is 0.0512. The molecule has 0 radical (unpaired) electrons. The molecule has 6 nitrogen and oxygen atoms in total. The zero-order valence-corrected chi connectivity index (χ0v) is 16.4. The second-order valence-corrected chi connectivity index (χ2v) is 8.15. The number of carbonyl (C=O) groups is 1. The first-order valence-electron chi connectivity index (χ1n) is 8.96. The lowest BCUT2D eigenvalue weighted by atomic mass is 10.1. The zero-order valence-electron chi connectivity index (χ0n) is 15.5. The highest BCUT2D eigenvalue weighted by Gasteiger charge is 2.15. The van der Waals surface area contributed by atoms with E-state index in [0.29, 0.717) is 22.5 Å². The highest BCUT2D eigenvalue weighted by Crippen LogP contribution is 2.21. The second-order valence-electron chi connectivity index (χ2n) is 6.47. The Morgan fingerprint density at radius 3 is 2.23 bits per heavy atom. The number of aromatic nitrogens is 1. The van der Waals surface area contributed by atoms with E-state index < -0.39 is 15.8 Å². The van der Waals surface area contributed by atoms with Gasteiger partial charge in [-0.1, -0.05) is 18.2 Å². The first-order valence-corrected chi connectivity index (χ1v) is 10.4. The van der Waals surface area contributed by atoms with Gasteiger partial charge in [0.1, 0.15) is 5.82 Å². The lowest BCUT2D eigenvalue weighted by Crippen LogP contribution is -2.14. The van der Waals surface area contributed by atoms with Crippen molar-refractivity contribution in [1.29, 1.82) is 0 Å². The predicted molar refractivity (Wildman–Crippen MR) is 113 cm³/mol. The van der Waals surface area contributed by atoms with E-state index in [1.54, 1.807) is 36.5 Å². The predicted octanol–water partition coefficient (Wildman–Crippen LogP) is 4.43. The van der Waals surface area contributed by atoms with E-state index in [9.17, 15) is 17.6 Å². The summed E-state index contributed by atoms with van der Waals surface area (Å²) in [6.45, 7) is 0. The van der Waals surface area contributed by atoms with Gasteiger partial charge in [-0.3, -0.25) is 14.5 Å². The fourth-order valence-corrected chi connectivity index (χ4v) is 3.99. The number of rotatable bonds is 5. The van der Waals surface area contributed by atoms with Crippen molar-refractivity contribution in [2.24, 2.45) is 0 Å². The molecule has 0 aliphatic heterocycles. The van der Waals surface area contributed by atoms with Gasteiger partial charge in [0, 0.05) is 23.0 Å². The summed E-state index contributed by atoms with van der Waals surface area (Å²) >= 11 is 0. The van der Waals surface area contributed by atoms with Crippen LogP contribution >= 0.6 is 0 Å². The molecule has 0 aliphatic carbocycles. The number of pyridine rings is 1. The molecule has 0 spiro atoms. The number of benzene rings is 3. The Morgan fingerprint density at radius 2 is 1.50 bits per heavy atom. The molecule has 1 aromatic heterocycles. The topological polar surface area (TPSA) is 88.2 Å². The third kappa shape index (κ3) is 4.13. The molecule has 4 aromatic rings. The van der Waals surface area contributed by atoms with Crippen molar-refractivity contribution in [2.45, 2.75) is 4.90 Å². The summed E-state index contributed by atoms with van der Waals surface area (Å²) in [6, 6.07) is 19.8. The minimum Gasteiger partial charge on any atom is -0.322 e. The van der Waals surface area contributed by atoms with Gasteiger partial charge >= 0.3 is 0 Å². The molecular weight excluding hydrogens is 405 g/mol. The van der Waals surface area contributed by atoms with E-state index in [1.807, 2.05) is 12.1 Å². The number of halogens is 1. The molecule has 1 amide bonds. The Balaban J connectivity index is 1.50. The summed E-state index contributed by atoms with van der Waals surface area (Å²) in [6.07, 6.45) is 1.63. The number of nitrogens with one attached hydrogen (secondary N) is 2. The normalized spacial score (nSPS) is 11.2. The quantitative estimate of drug-likeness (QED) is 0.499. The number of amides is 1. The first kappa shape index (κ1) is 19.5. The van der Waals surface area contributed by atoms with Crippen molar-refractivity contribution in [3.05, 3.63) is 96.4 Å². The van der Waals surface area contributed by atoms with E-state index in [2.05, 4.69) is 15.0 Å². The average molecular weight is 421 g/mol. The Bertz CT molecular complexity index is 1320. The average Bonchev–Trinajstić information content (AvgIpc) is 2.75. The Labute approximate surface area is 172 Å². The van der Waals surface area contributed by atoms with E-state index in [1.165, 1.54) is 24.3 Å². The zero-order chi connectivity index (χ0) is 21.1. The molecule has 0 saturated carbocycles. The molecule has 0 aliphatic rings. The number of hydrogen-bond donors (Lipinski definition) is 2. The van der Waals surface area contributed by atoms with Crippen LogP contribution in [-0.4, -0.2) is 19.3 Å². The monoisotopic (exact) mass is 421 g/mol. The van der Waals surface area contributed by atoms with Gasteiger partial charge in [0.15, 0.2) is 0 Å². The molecule has 0 unspecified atom stereocenters. The number of anilines is 2. The van der Waals surface area contributed by atoms with Crippen LogP contribution in [0.25, 0.3) is 10.9 Å². The number of hydrogen-bond acceptors (Lipinski definition) is 4.